The summed E-state index contributed by atoms with van der Waals surface area (Å²) in [7, 11) is 0. The van der Waals surface area contributed by atoms with Crippen molar-refractivity contribution in [3.8, 4) is 0 Å². The van der Waals surface area contributed by atoms with E-state index in [2.05, 4.69) is 23.8 Å². The second-order valence-electron chi connectivity index (χ2n) is 6.55. The summed E-state index contributed by atoms with van der Waals surface area (Å²) in [5.74, 6) is 1.25. The first-order chi connectivity index (χ1) is 9.41. The molecule has 112 valence electrons. The van der Waals surface area contributed by atoms with E-state index in [4.69, 9.17) is 16.3 Å². The molecule has 1 aliphatic carbocycles. The zero-order valence-corrected chi connectivity index (χ0v) is 13.8. The van der Waals surface area contributed by atoms with E-state index in [-0.39, 0.29) is 5.60 Å². The lowest BCUT2D eigenvalue weighted by atomic mass is 9.70. The second-order valence-corrected chi connectivity index (χ2v) is 6.82. The number of hydrogen-bond donors (Lipinski definition) is 0. The van der Waals surface area contributed by atoms with E-state index in [0.717, 1.165) is 42.9 Å². The fourth-order valence-electron chi connectivity index (χ4n) is 2.95. The molecule has 0 N–H and O–H groups in total. The topological polar surface area (TPSA) is 35.0 Å². The first kappa shape index (κ1) is 15.7. The Morgan fingerprint density at radius 3 is 2.40 bits per heavy atom. The van der Waals surface area contributed by atoms with Crippen molar-refractivity contribution in [2.45, 2.75) is 64.9 Å². The molecule has 2 rings (SSSR count). The van der Waals surface area contributed by atoms with Gasteiger partial charge in [-0.05, 0) is 51.0 Å². The van der Waals surface area contributed by atoms with E-state index in [9.17, 15) is 0 Å². The average Bonchev–Trinajstić information content (AvgIpc) is 2.41. The molecule has 4 heteroatoms. The quantitative estimate of drug-likeness (QED) is 0.775. The molecule has 0 aliphatic heterocycles. The van der Waals surface area contributed by atoms with Gasteiger partial charge in [0.05, 0.1) is 11.6 Å². The van der Waals surface area contributed by atoms with Crippen molar-refractivity contribution in [2.75, 3.05) is 6.61 Å². The Morgan fingerprint density at radius 2 is 1.85 bits per heavy atom. The number of hydrogen-bond acceptors (Lipinski definition) is 3. The smallest absolute Gasteiger partial charge is 0.160 e. The van der Waals surface area contributed by atoms with Crippen molar-refractivity contribution in [1.82, 2.24) is 9.97 Å². The van der Waals surface area contributed by atoms with E-state index in [0.29, 0.717) is 17.9 Å². The van der Waals surface area contributed by atoms with Crippen LogP contribution >= 0.6 is 11.6 Å². The molecule has 0 aromatic carbocycles. The molecule has 0 bridgehead atoms. The molecule has 1 saturated carbocycles. The molecule has 1 aromatic heterocycles. The summed E-state index contributed by atoms with van der Waals surface area (Å²) in [4.78, 5) is 9.30. The van der Waals surface area contributed by atoms with Crippen LogP contribution < -0.4 is 0 Å². The number of aromatic nitrogens is 2. The summed E-state index contributed by atoms with van der Waals surface area (Å²) >= 11 is 5.95. The van der Waals surface area contributed by atoms with Crippen LogP contribution in [0, 0.1) is 12.3 Å². The monoisotopic (exact) mass is 296 g/mol. The standard InChI is InChI=1S/C16H25ClN2O/c1-5-20-16(8-6-15(3,4)7-9-16)14-18-12(2)10-13(11-17)19-14/h10H,5-9,11H2,1-4H3. The van der Waals surface area contributed by atoms with Crippen LogP contribution in [0.2, 0.25) is 0 Å². The van der Waals surface area contributed by atoms with Gasteiger partial charge in [0.1, 0.15) is 5.60 Å². The molecular formula is C16H25ClN2O. The van der Waals surface area contributed by atoms with Crippen molar-refractivity contribution in [3.05, 3.63) is 23.3 Å². The van der Waals surface area contributed by atoms with E-state index in [1.807, 2.05) is 19.9 Å². The normalized spacial score (nSPS) is 20.9. The Kier molecular flexibility index (Phi) is 4.70. The zero-order valence-electron chi connectivity index (χ0n) is 13.0. The van der Waals surface area contributed by atoms with Gasteiger partial charge in [-0.1, -0.05) is 13.8 Å². The summed E-state index contributed by atoms with van der Waals surface area (Å²) in [6.07, 6.45) is 4.25. The highest BCUT2D eigenvalue weighted by atomic mass is 35.5. The van der Waals surface area contributed by atoms with Crippen molar-refractivity contribution in [2.24, 2.45) is 5.41 Å². The van der Waals surface area contributed by atoms with Crippen LogP contribution in [-0.2, 0) is 16.2 Å². The highest BCUT2D eigenvalue weighted by Gasteiger charge is 2.42. The maximum absolute atomic E-state index is 6.14. The molecule has 1 fully saturated rings. The van der Waals surface area contributed by atoms with Gasteiger partial charge in [0.25, 0.3) is 0 Å². The Labute approximate surface area is 127 Å². The molecule has 1 aliphatic rings. The van der Waals surface area contributed by atoms with Crippen LogP contribution in [0.25, 0.3) is 0 Å². The van der Waals surface area contributed by atoms with Crippen LogP contribution in [0.4, 0.5) is 0 Å². The fraction of sp³-hybridized carbons (Fsp3) is 0.750. The number of aryl methyl sites for hydroxylation is 1. The molecular weight excluding hydrogens is 272 g/mol. The maximum atomic E-state index is 6.14. The lowest BCUT2D eigenvalue weighted by molar-refractivity contribution is -0.0949. The van der Waals surface area contributed by atoms with Gasteiger partial charge in [-0.15, -0.1) is 11.6 Å². The lowest BCUT2D eigenvalue weighted by Crippen LogP contribution is -2.39. The third-order valence-corrected chi connectivity index (χ3v) is 4.56. The Hall–Kier alpha value is -0.670. The van der Waals surface area contributed by atoms with Gasteiger partial charge >= 0.3 is 0 Å². The van der Waals surface area contributed by atoms with Gasteiger partial charge < -0.3 is 4.74 Å². The summed E-state index contributed by atoms with van der Waals surface area (Å²) in [6, 6.07) is 1.95. The largest absolute Gasteiger partial charge is 0.367 e. The van der Waals surface area contributed by atoms with Crippen molar-refractivity contribution in [1.29, 1.82) is 0 Å². The van der Waals surface area contributed by atoms with Crippen LogP contribution in [0.5, 0.6) is 0 Å². The van der Waals surface area contributed by atoms with E-state index in [1.54, 1.807) is 0 Å². The van der Waals surface area contributed by atoms with Gasteiger partial charge in [0.2, 0.25) is 0 Å². The molecule has 1 heterocycles. The fourth-order valence-corrected chi connectivity index (χ4v) is 3.08. The predicted octanol–water partition coefficient (Wildman–Crippen LogP) is 4.36. The number of nitrogens with zero attached hydrogens (tertiary/aromatic N) is 2. The summed E-state index contributed by atoms with van der Waals surface area (Å²) in [6.45, 7) is 9.37. The van der Waals surface area contributed by atoms with Gasteiger partial charge in [0, 0.05) is 12.3 Å². The minimum Gasteiger partial charge on any atom is -0.367 e. The van der Waals surface area contributed by atoms with Crippen molar-refractivity contribution >= 4 is 11.6 Å². The number of halogens is 1. The van der Waals surface area contributed by atoms with Gasteiger partial charge in [0.15, 0.2) is 5.82 Å². The minimum absolute atomic E-state index is 0.322. The summed E-state index contributed by atoms with van der Waals surface area (Å²) < 4.78 is 6.14. The Bertz CT molecular complexity index is 464. The Morgan fingerprint density at radius 1 is 1.20 bits per heavy atom. The van der Waals surface area contributed by atoms with Gasteiger partial charge in [-0.2, -0.15) is 0 Å². The maximum Gasteiger partial charge on any atom is 0.160 e. The molecule has 0 radical (unpaired) electrons. The number of ether oxygens (including phenoxy) is 1. The third-order valence-electron chi connectivity index (χ3n) is 4.28. The van der Waals surface area contributed by atoms with Crippen LogP contribution in [0.1, 0.15) is 63.7 Å². The second kappa shape index (κ2) is 5.98. The molecule has 3 nitrogen and oxygen atoms in total. The molecule has 0 saturated heterocycles. The van der Waals surface area contributed by atoms with Crippen molar-refractivity contribution in [3.63, 3.8) is 0 Å². The molecule has 0 unspecified atom stereocenters. The van der Waals surface area contributed by atoms with Crippen LogP contribution in [0.3, 0.4) is 0 Å². The van der Waals surface area contributed by atoms with E-state index >= 15 is 0 Å². The average molecular weight is 297 g/mol. The van der Waals surface area contributed by atoms with E-state index in [1.165, 1.54) is 0 Å². The first-order valence-corrected chi connectivity index (χ1v) is 7.99. The van der Waals surface area contributed by atoms with Gasteiger partial charge in [-0.3, -0.25) is 0 Å². The molecule has 0 amide bonds. The minimum atomic E-state index is -0.322. The summed E-state index contributed by atoms with van der Waals surface area (Å²) in [5.41, 5.74) is 1.92. The highest BCUT2D eigenvalue weighted by molar-refractivity contribution is 6.16. The lowest BCUT2D eigenvalue weighted by Gasteiger charge is -2.42. The van der Waals surface area contributed by atoms with Gasteiger partial charge in [-0.25, -0.2) is 9.97 Å². The molecule has 1 aromatic rings. The highest BCUT2D eigenvalue weighted by Crippen LogP contribution is 2.46. The van der Waals surface area contributed by atoms with Crippen LogP contribution in [0.15, 0.2) is 6.07 Å². The predicted molar refractivity (Wildman–Crippen MR) is 81.9 cm³/mol. The molecule has 20 heavy (non-hydrogen) atoms. The van der Waals surface area contributed by atoms with Crippen molar-refractivity contribution < 1.29 is 4.74 Å². The van der Waals surface area contributed by atoms with Crippen LogP contribution in [-0.4, -0.2) is 16.6 Å². The first-order valence-electron chi connectivity index (χ1n) is 7.46. The number of rotatable bonds is 4. The van der Waals surface area contributed by atoms with E-state index < -0.39 is 0 Å². The zero-order chi connectivity index (χ0) is 14.8. The Balaban J connectivity index is 2.36. The molecule has 0 atom stereocenters. The number of alkyl halides is 1. The SMILES string of the molecule is CCOC1(c2nc(C)cc(CCl)n2)CCC(C)(C)CC1. The molecule has 0 spiro atoms. The summed E-state index contributed by atoms with van der Waals surface area (Å²) in [5, 5.41) is 0. The third kappa shape index (κ3) is 3.32.